The maximum atomic E-state index is 12.4. The van der Waals surface area contributed by atoms with Gasteiger partial charge in [0.05, 0.1) is 22.3 Å². The van der Waals surface area contributed by atoms with Gasteiger partial charge < -0.3 is 5.73 Å². The number of halogens is 1. The zero-order valence-electron chi connectivity index (χ0n) is 10.4. The molecule has 20 heavy (non-hydrogen) atoms. The summed E-state index contributed by atoms with van der Waals surface area (Å²) in [6, 6.07) is 13.1. The van der Waals surface area contributed by atoms with E-state index in [0.29, 0.717) is 21.3 Å². The molecular weight excluding hydrogens is 340 g/mol. The van der Waals surface area contributed by atoms with Crippen LogP contribution in [0.5, 0.6) is 0 Å². The molecular formula is C14H11BrN2O2S. The Balaban J connectivity index is 2.33. The highest BCUT2D eigenvalue weighted by molar-refractivity contribution is 9.10. The monoisotopic (exact) mass is 350 g/mol. The van der Waals surface area contributed by atoms with Crippen LogP contribution in [-0.2, 0) is 15.6 Å². The molecule has 2 aromatic rings. The van der Waals surface area contributed by atoms with Gasteiger partial charge in [-0.2, -0.15) is 5.26 Å². The van der Waals surface area contributed by atoms with Crippen molar-refractivity contribution in [1.29, 1.82) is 5.26 Å². The number of nitriles is 1. The standard InChI is InChI=1S/C14H11BrN2O2S/c15-13-7-12(17)5-6-14(13)20(18,19)9-11-3-1-10(8-16)2-4-11/h1-7H,9,17H2. The van der Waals surface area contributed by atoms with Crippen LogP contribution in [-0.4, -0.2) is 8.42 Å². The van der Waals surface area contributed by atoms with E-state index in [9.17, 15) is 8.42 Å². The lowest BCUT2D eigenvalue weighted by Crippen LogP contribution is -2.06. The van der Waals surface area contributed by atoms with Crippen molar-refractivity contribution in [2.75, 3.05) is 5.73 Å². The maximum Gasteiger partial charge on any atom is 0.183 e. The summed E-state index contributed by atoms with van der Waals surface area (Å²) in [5.74, 6) is -0.124. The number of nitrogens with two attached hydrogens (primary N) is 1. The van der Waals surface area contributed by atoms with Crippen LogP contribution >= 0.6 is 15.9 Å². The van der Waals surface area contributed by atoms with E-state index in [4.69, 9.17) is 11.0 Å². The number of nitrogen functional groups attached to an aromatic ring is 1. The number of rotatable bonds is 3. The van der Waals surface area contributed by atoms with Gasteiger partial charge in [0.2, 0.25) is 0 Å². The number of anilines is 1. The molecule has 2 rings (SSSR count). The van der Waals surface area contributed by atoms with Gasteiger partial charge >= 0.3 is 0 Å². The van der Waals surface area contributed by atoms with Gasteiger partial charge in [0, 0.05) is 10.2 Å². The Bertz CT molecular complexity index is 778. The SMILES string of the molecule is N#Cc1ccc(CS(=O)(=O)c2ccc(N)cc2Br)cc1. The first-order valence-electron chi connectivity index (χ1n) is 5.69. The van der Waals surface area contributed by atoms with E-state index in [2.05, 4.69) is 15.9 Å². The number of nitrogens with zero attached hydrogens (tertiary/aromatic N) is 1. The molecule has 2 aromatic carbocycles. The molecule has 102 valence electrons. The van der Waals surface area contributed by atoms with Crippen LogP contribution < -0.4 is 5.73 Å². The van der Waals surface area contributed by atoms with Crippen molar-refractivity contribution in [3.05, 3.63) is 58.1 Å². The summed E-state index contributed by atoms with van der Waals surface area (Å²) in [5.41, 5.74) is 7.23. The minimum absolute atomic E-state index is 0.124. The van der Waals surface area contributed by atoms with E-state index < -0.39 is 9.84 Å². The fraction of sp³-hybridized carbons (Fsp3) is 0.0714. The van der Waals surface area contributed by atoms with E-state index in [1.54, 1.807) is 36.4 Å². The summed E-state index contributed by atoms with van der Waals surface area (Å²) in [5, 5.41) is 8.72. The second-order valence-electron chi connectivity index (χ2n) is 4.26. The van der Waals surface area contributed by atoms with Crippen LogP contribution in [0.25, 0.3) is 0 Å². The molecule has 0 unspecified atom stereocenters. The van der Waals surface area contributed by atoms with Crippen LogP contribution in [0.1, 0.15) is 11.1 Å². The molecule has 0 fully saturated rings. The van der Waals surface area contributed by atoms with Crippen LogP contribution in [0.15, 0.2) is 51.8 Å². The summed E-state index contributed by atoms with van der Waals surface area (Å²) < 4.78 is 25.2. The average molecular weight is 351 g/mol. The zero-order chi connectivity index (χ0) is 14.8. The van der Waals surface area contributed by atoms with Crippen molar-refractivity contribution in [2.45, 2.75) is 10.6 Å². The smallest absolute Gasteiger partial charge is 0.183 e. The molecule has 0 saturated carbocycles. The molecule has 0 amide bonds. The van der Waals surface area contributed by atoms with Gasteiger partial charge in [-0.05, 0) is 51.8 Å². The first-order valence-corrected chi connectivity index (χ1v) is 8.14. The Labute approximate surface area is 125 Å². The Morgan fingerprint density at radius 3 is 2.35 bits per heavy atom. The van der Waals surface area contributed by atoms with E-state index in [1.165, 1.54) is 6.07 Å². The minimum Gasteiger partial charge on any atom is -0.399 e. The van der Waals surface area contributed by atoms with Crippen molar-refractivity contribution in [1.82, 2.24) is 0 Å². The van der Waals surface area contributed by atoms with E-state index in [-0.39, 0.29) is 10.6 Å². The Morgan fingerprint density at radius 2 is 1.80 bits per heavy atom. The zero-order valence-corrected chi connectivity index (χ0v) is 12.8. The molecule has 0 spiro atoms. The second kappa shape index (κ2) is 5.65. The molecule has 0 heterocycles. The Hall–Kier alpha value is -1.84. The molecule has 0 bridgehead atoms. The molecule has 0 aromatic heterocycles. The Kier molecular flexibility index (Phi) is 4.12. The van der Waals surface area contributed by atoms with E-state index in [0.717, 1.165) is 0 Å². The first kappa shape index (κ1) is 14.6. The summed E-state index contributed by atoms with van der Waals surface area (Å²) in [6.07, 6.45) is 0. The number of hydrogen-bond acceptors (Lipinski definition) is 4. The summed E-state index contributed by atoms with van der Waals surface area (Å²) >= 11 is 3.22. The molecule has 0 atom stereocenters. The van der Waals surface area contributed by atoms with Crippen molar-refractivity contribution >= 4 is 31.5 Å². The van der Waals surface area contributed by atoms with Crippen LogP contribution in [0.2, 0.25) is 0 Å². The molecule has 4 nitrogen and oxygen atoms in total. The van der Waals surface area contributed by atoms with Gasteiger partial charge in [0.15, 0.2) is 9.84 Å². The second-order valence-corrected chi connectivity index (χ2v) is 7.07. The molecule has 0 aliphatic carbocycles. The van der Waals surface area contributed by atoms with Crippen molar-refractivity contribution in [3.8, 4) is 6.07 Å². The fourth-order valence-corrected chi connectivity index (χ4v) is 4.30. The van der Waals surface area contributed by atoms with Gasteiger partial charge in [0.1, 0.15) is 0 Å². The number of hydrogen-bond donors (Lipinski definition) is 1. The number of benzene rings is 2. The average Bonchev–Trinajstić information content (AvgIpc) is 2.38. The third-order valence-corrected chi connectivity index (χ3v) is 5.39. The van der Waals surface area contributed by atoms with E-state index in [1.807, 2.05) is 6.07 Å². The van der Waals surface area contributed by atoms with Gasteiger partial charge in [-0.15, -0.1) is 0 Å². The first-order chi connectivity index (χ1) is 9.42. The molecule has 2 N–H and O–H groups in total. The Morgan fingerprint density at radius 1 is 1.15 bits per heavy atom. The van der Waals surface area contributed by atoms with Crippen molar-refractivity contribution in [2.24, 2.45) is 0 Å². The summed E-state index contributed by atoms with van der Waals surface area (Å²) in [6.45, 7) is 0. The summed E-state index contributed by atoms with van der Waals surface area (Å²) in [4.78, 5) is 0.205. The largest absolute Gasteiger partial charge is 0.399 e. The highest BCUT2D eigenvalue weighted by Crippen LogP contribution is 2.27. The molecule has 0 aliphatic heterocycles. The van der Waals surface area contributed by atoms with Crippen LogP contribution in [0.3, 0.4) is 0 Å². The van der Waals surface area contributed by atoms with Crippen molar-refractivity contribution in [3.63, 3.8) is 0 Å². The third kappa shape index (κ3) is 3.18. The van der Waals surface area contributed by atoms with E-state index >= 15 is 0 Å². The lowest BCUT2D eigenvalue weighted by molar-refractivity contribution is 0.595. The topological polar surface area (TPSA) is 84.0 Å². The highest BCUT2D eigenvalue weighted by Gasteiger charge is 2.18. The molecule has 0 aliphatic rings. The molecule has 0 radical (unpaired) electrons. The van der Waals surface area contributed by atoms with Crippen molar-refractivity contribution < 1.29 is 8.42 Å². The molecule has 6 heteroatoms. The maximum absolute atomic E-state index is 12.4. The predicted octanol–water partition coefficient (Wildman–Crippen LogP) is 2.88. The van der Waals surface area contributed by atoms with Crippen LogP contribution in [0.4, 0.5) is 5.69 Å². The van der Waals surface area contributed by atoms with Gasteiger partial charge in [0.25, 0.3) is 0 Å². The number of sulfone groups is 1. The van der Waals surface area contributed by atoms with Gasteiger partial charge in [-0.25, -0.2) is 8.42 Å². The lowest BCUT2D eigenvalue weighted by Gasteiger charge is -2.07. The van der Waals surface area contributed by atoms with Crippen LogP contribution in [0, 0.1) is 11.3 Å². The quantitative estimate of drug-likeness (QED) is 0.862. The minimum atomic E-state index is -3.47. The lowest BCUT2D eigenvalue weighted by atomic mass is 10.2. The fourth-order valence-electron chi connectivity index (χ4n) is 1.74. The highest BCUT2D eigenvalue weighted by atomic mass is 79.9. The normalized spacial score (nSPS) is 11.0. The predicted molar refractivity (Wildman–Crippen MR) is 80.6 cm³/mol. The molecule has 0 saturated heterocycles. The van der Waals surface area contributed by atoms with Gasteiger partial charge in [-0.3, -0.25) is 0 Å². The van der Waals surface area contributed by atoms with Gasteiger partial charge in [-0.1, -0.05) is 12.1 Å². The third-order valence-electron chi connectivity index (χ3n) is 2.73. The summed E-state index contributed by atoms with van der Waals surface area (Å²) in [7, 11) is -3.47.